The highest BCUT2D eigenvalue weighted by Gasteiger charge is 2.04. The van der Waals surface area contributed by atoms with Gasteiger partial charge in [-0.25, -0.2) is 9.47 Å². The number of aromatic nitrogens is 3. The van der Waals surface area contributed by atoms with E-state index in [2.05, 4.69) is 20.9 Å². The summed E-state index contributed by atoms with van der Waals surface area (Å²) >= 11 is 0. The molecule has 9 nitrogen and oxygen atoms in total. The van der Waals surface area contributed by atoms with Gasteiger partial charge in [0.1, 0.15) is 12.9 Å². The van der Waals surface area contributed by atoms with Gasteiger partial charge in [-0.15, -0.1) is 10.2 Å². The highest BCUT2D eigenvalue weighted by atomic mass is 16.2. The number of anilines is 1. The van der Waals surface area contributed by atoms with Gasteiger partial charge in [0.2, 0.25) is 5.95 Å². The van der Waals surface area contributed by atoms with Crippen molar-refractivity contribution in [3.8, 4) is 0 Å². The number of nitrogens with two attached hydrogens (primary N) is 2. The molecule has 0 atom stereocenters. The van der Waals surface area contributed by atoms with Crippen molar-refractivity contribution in [2.45, 2.75) is 0 Å². The molecule has 0 bridgehead atoms. The Balaban J connectivity index is 2.42. The highest BCUT2D eigenvalue weighted by Crippen LogP contribution is 1.89. The Morgan fingerprint density at radius 3 is 2.79 bits per heavy atom. The maximum atomic E-state index is 11.1. The van der Waals surface area contributed by atoms with E-state index in [1.54, 1.807) is 0 Å². The molecular weight excluding hydrogens is 190 g/mol. The number of nitrogens with zero attached hydrogens (tertiary/aromatic N) is 3. The maximum absolute atomic E-state index is 11.1. The second-order valence-electron chi connectivity index (χ2n) is 2.31. The van der Waals surface area contributed by atoms with Gasteiger partial charge >= 0.3 is 6.03 Å². The van der Waals surface area contributed by atoms with Crippen LogP contribution in [-0.2, 0) is 4.79 Å². The summed E-state index contributed by atoms with van der Waals surface area (Å²) in [5.41, 5.74) is 12.4. The summed E-state index contributed by atoms with van der Waals surface area (Å²) in [5.74, 6) is -0.451. The Labute approximate surface area is 78.4 Å². The zero-order valence-corrected chi connectivity index (χ0v) is 7.10. The van der Waals surface area contributed by atoms with E-state index in [4.69, 9.17) is 11.5 Å². The first kappa shape index (κ1) is 9.77. The molecule has 0 saturated heterocycles. The third-order valence-corrected chi connectivity index (χ3v) is 1.24. The van der Waals surface area contributed by atoms with Crippen LogP contribution in [0.15, 0.2) is 6.33 Å². The van der Waals surface area contributed by atoms with Crippen LogP contribution in [0.25, 0.3) is 0 Å². The van der Waals surface area contributed by atoms with E-state index < -0.39 is 11.9 Å². The normalized spacial score (nSPS) is 9.43. The van der Waals surface area contributed by atoms with Crippen molar-refractivity contribution in [2.75, 3.05) is 17.7 Å². The van der Waals surface area contributed by atoms with Crippen molar-refractivity contribution >= 4 is 17.9 Å². The van der Waals surface area contributed by atoms with E-state index in [9.17, 15) is 9.59 Å². The zero-order valence-electron chi connectivity index (χ0n) is 7.10. The topological polar surface area (TPSA) is 141 Å². The summed E-state index contributed by atoms with van der Waals surface area (Å²) in [5, 5.41) is 8.97. The quantitative estimate of drug-likeness (QED) is 0.429. The molecule has 1 heterocycles. The van der Waals surface area contributed by atoms with Gasteiger partial charge in [0.25, 0.3) is 5.91 Å². The summed E-state index contributed by atoms with van der Waals surface area (Å²) in [6.07, 6.45) is 1.22. The van der Waals surface area contributed by atoms with Gasteiger partial charge in [0.15, 0.2) is 0 Å². The summed E-state index contributed by atoms with van der Waals surface area (Å²) < 4.78 is 1.12. The van der Waals surface area contributed by atoms with Gasteiger partial charge in [-0.1, -0.05) is 0 Å². The van der Waals surface area contributed by atoms with Gasteiger partial charge in [-0.05, 0) is 0 Å². The molecule has 1 rings (SSSR count). The molecule has 3 amide bonds. The highest BCUT2D eigenvalue weighted by molar-refractivity contribution is 5.88. The molecule has 0 aliphatic rings. The van der Waals surface area contributed by atoms with E-state index in [0.717, 1.165) is 4.68 Å². The third-order valence-electron chi connectivity index (χ3n) is 1.24. The number of carbonyl (C=O) groups is 2. The number of carbonyl (C=O) groups excluding carboxylic acids is 2. The Morgan fingerprint density at radius 1 is 1.57 bits per heavy atom. The first-order valence-electron chi connectivity index (χ1n) is 3.58. The number of hydrogen-bond acceptors (Lipinski definition) is 5. The second-order valence-corrected chi connectivity index (χ2v) is 2.31. The summed E-state index contributed by atoms with van der Waals surface area (Å²) in [6, 6.07) is -0.781. The van der Waals surface area contributed by atoms with Crippen molar-refractivity contribution in [1.29, 1.82) is 0 Å². The van der Waals surface area contributed by atoms with Crippen LogP contribution in [-0.4, -0.2) is 33.4 Å². The van der Waals surface area contributed by atoms with Gasteiger partial charge in [-0.2, -0.15) is 0 Å². The van der Waals surface area contributed by atoms with Crippen molar-refractivity contribution in [1.82, 2.24) is 20.2 Å². The third kappa shape index (κ3) is 2.62. The van der Waals surface area contributed by atoms with Gasteiger partial charge in [0.05, 0.1) is 0 Å². The molecule has 14 heavy (non-hydrogen) atoms. The van der Waals surface area contributed by atoms with Crippen LogP contribution in [0, 0.1) is 0 Å². The summed E-state index contributed by atoms with van der Waals surface area (Å²) in [6.45, 7) is -0.243. The Morgan fingerprint density at radius 2 is 2.29 bits per heavy atom. The van der Waals surface area contributed by atoms with Crippen LogP contribution in [0.1, 0.15) is 0 Å². The molecule has 1 aromatic heterocycles. The number of nitrogens with one attached hydrogen (secondary N) is 2. The van der Waals surface area contributed by atoms with Crippen LogP contribution >= 0.6 is 0 Å². The number of urea groups is 1. The average Bonchev–Trinajstić information content (AvgIpc) is 2.49. The molecule has 9 heteroatoms. The fourth-order valence-electron chi connectivity index (χ4n) is 0.671. The number of hydrogen-bond donors (Lipinski definition) is 4. The minimum Gasteiger partial charge on any atom is -0.366 e. The first-order chi connectivity index (χ1) is 6.59. The fourth-order valence-corrected chi connectivity index (χ4v) is 0.671. The van der Waals surface area contributed by atoms with Gasteiger partial charge < -0.3 is 16.8 Å². The summed E-state index contributed by atoms with van der Waals surface area (Å²) in [4.78, 5) is 21.3. The lowest BCUT2D eigenvalue weighted by molar-refractivity contribution is -0.116. The lowest BCUT2D eigenvalue weighted by atomic mass is 10.6. The number of rotatable bonds is 3. The Kier molecular flexibility index (Phi) is 2.84. The summed E-state index contributed by atoms with van der Waals surface area (Å²) in [7, 11) is 0. The van der Waals surface area contributed by atoms with E-state index >= 15 is 0 Å². The fraction of sp³-hybridized carbons (Fsp3) is 0.200. The van der Waals surface area contributed by atoms with E-state index in [-0.39, 0.29) is 12.5 Å². The molecule has 6 N–H and O–H groups in total. The van der Waals surface area contributed by atoms with Gasteiger partial charge in [-0.3, -0.25) is 10.2 Å². The van der Waals surface area contributed by atoms with Crippen molar-refractivity contribution in [2.24, 2.45) is 5.73 Å². The monoisotopic (exact) mass is 199 g/mol. The van der Waals surface area contributed by atoms with E-state index in [1.807, 2.05) is 0 Å². The second kappa shape index (κ2) is 4.07. The average molecular weight is 199 g/mol. The minimum absolute atomic E-state index is 0.0393. The molecule has 0 unspecified atom stereocenters. The number of nitrogen functional groups attached to an aromatic ring is 1. The maximum Gasteiger partial charge on any atom is 0.312 e. The lowest BCUT2D eigenvalue weighted by Gasteiger charge is -2.05. The van der Waals surface area contributed by atoms with Crippen LogP contribution in [0.2, 0.25) is 0 Å². The molecule has 0 aliphatic heterocycles. The molecule has 0 spiro atoms. The lowest BCUT2D eigenvalue weighted by Crippen LogP contribution is -2.38. The van der Waals surface area contributed by atoms with Crippen LogP contribution in [0.3, 0.4) is 0 Å². The minimum atomic E-state index is -0.781. The van der Waals surface area contributed by atoms with Crippen LogP contribution < -0.4 is 22.2 Å². The zero-order chi connectivity index (χ0) is 10.6. The van der Waals surface area contributed by atoms with Crippen molar-refractivity contribution in [3.63, 3.8) is 0 Å². The predicted octanol–water partition coefficient (Wildman–Crippen LogP) is -2.40. The number of primary amides is 1. The van der Waals surface area contributed by atoms with Crippen molar-refractivity contribution < 1.29 is 9.59 Å². The Hall–Kier alpha value is -2.32. The van der Waals surface area contributed by atoms with E-state index in [1.165, 1.54) is 6.33 Å². The predicted molar refractivity (Wildman–Crippen MR) is 46.4 cm³/mol. The first-order valence-corrected chi connectivity index (χ1v) is 3.58. The molecular formula is C5H9N7O2. The molecule has 0 aromatic carbocycles. The molecule has 0 radical (unpaired) electrons. The van der Waals surface area contributed by atoms with Crippen LogP contribution in [0.5, 0.6) is 0 Å². The number of amides is 3. The van der Waals surface area contributed by atoms with Gasteiger partial charge in [0, 0.05) is 0 Å². The molecule has 0 fully saturated rings. The molecule has 76 valence electrons. The molecule has 1 aromatic rings. The van der Waals surface area contributed by atoms with Crippen LogP contribution in [0.4, 0.5) is 10.7 Å². The molecule has 0 saturated carbocycles. The largest absolute Gasteiger partial charge is 0.366 e. The Bertz CT molecular complexity index is 346. The standard InChI is InChI=1S/C5H9N7O2/c6-4-10-9-2-12(4)11-3(13)1-8-5(7)14/h2H,1H2,(H2,6,10)(H,11,13)(H3,7,8,14). The molecule has 0 aliphatic carbocycles. The van der Waals surface area contributed by atoms with E-state index in [0.29, 0.717) is 0 Å². The SMILES string of the molecule is NC(=O)NCC(=O)Nn1cnnc1N. The smallest absolute Gasteiger partial charge is 0.312 e. The van der Waals surface area contributed by atoms with Crippen molar-refractivity contribution in [3.05, 3.63) is 6.33 Å².